The van der Waals surface area contributed by atoms with Crippen LogP contribution in [0.5, 0.6) is 0 Å². The van der Waals surface area contributed by atoms with Crippen LogP contribution in [0.4, 0.5) is 0 Å². The minimum atomic E-state index is -0.545. The fourth-order valence-electron chi connectivity index (χ4n) is 3.23. The van der Waals surface area contributed by atoms with Crippen molar-refractivity contribution in [3.8, 4) is 0 Å². The molecule has 3 aromatic rings. The number of nitrogens with zero attached hydrogens (tertiary/aromatic N) is 2. The van der Waals surface area contributed by atoms with Gasteiger partial charge in [-0.1, -0.05) is 18.2 Å². The number of nitrogens with one attached hydrogen (secondary N) is 2. The maximum atomic E-state index is 12.5. The highest BCUT2D eigenvalue weighted by atomic mass is 32.1. The van der Waals surface area contributed by atoms with Crippen molar-refractivity contribution in [3.63, 3.8) is 0 Å². The Morgan fingerprint density at radius 2 is 2.03 bits per heavy atom. The summed E-state index contributed by atoms with van der Waals surface area (Å²) in [6, 6.07) is 11.0. The summed E-state index contributed by atoms with van der Waals surface area (Å²) in [5.74, 6) is -0.550. The Kier molecular flexibility index (Phi) is 5.20. The summed E-state index contributed by atoms with van der Waals surface area (Å²) in [7, 11) is 1.50. The number of carbonyl (C=O) groups is 3. The average Bonchev–Trinajstić information content (AvgIpc) is 3.37. The van der Waals surface area contributed by atoms with E-state index in [0.717, 1.165) is 10.9 Å². The average molecular weight is 422 g/mol. The molecule has 3 heterocycles. The van der Waals surface area contributed by atoms with Crippen LogP contribution in [-0.4, -0.2) is 39.3 Å². The number of hydrogen-bond acceptors (Lipinski definition) is 5. The highest BCUT2D eigenvalue weighted by Crippen LogP contribution is 2.24. The predicted octanol–water partition coefficient (Wildman–Crippen LogP) is 1.81. The van der Waals surface area contributed by atoms with Crippen molar-refractivity contribution in [1.82, 2.24) is 20.1 Å². The van der Waals surface area contributed by atoms with Crippen LogP contribution in [0.3, 0.4) is 0 Å². The third-order valence-electron chi connectivity index (χ3n) is 4.78. The lowest BCUT2D eigenvalue weighted by molar-refractivity contribution is -0.128. The quantitative estimate of drug-likeness (QED) is 0.371. The van der Waals surface area contributed by atoms with Gasteiger partial charge in [-0.05, 0) is 36.5 Å². The lowest BCUT2D eigenvalue weighted by Crippen LogP contribution is -2.52. The van der Waals surface area contributed by atoms with Crippen molar-refractivity contribution < 1.29 is 18.8 Å². The minimum absolute atomic E-state index is 0.0173. The van der Waals surface area contributed by atoms with Crippen LogP contribution < -0.4 is 10.6 Å². The largest absolute Gasteiger partial charge is 0.467 e. The van der Waals surface area contributed by atoms with E-state index in [1.165, 1.54) is 18.0 Å². The number of furan rings is 1. The highest BCUT2D eigenvalue weighted by molar-refractivity contribution is 7.80. The Bertz CT molecular complexity index is 1190. The second kappa shape index (κ2) is 7.96. The summed E-state index contributed by atoms with van der Waals surface area (Å²) in [4.78, 5) is 38.4. The molecule has 1 aliphatic heterocycles. The Morgan fingerprint density at radius 3 is 2.80 bits per heavy atom. The van der Waals surface area contributed by atoms with Crippen LogP contribution in [0.2, 0.25) is 0 Å². The number of likely N-dealkylation sites (N-methyl/N-ethyl adjacent to an activating group) is 1. The fraction of sp³-hybridized carbons (Fsp3) is 0.143. The predicted molar refractivity (Wildman–Crippen MR) is 114 cm³/mol. The van der Waals surface area contributed by atoms with Gasteiger partial charge in [-0.25, -0.2) is 0 Å². The van der Waals surface area contributed by atoms with Gasteiger partial charge >= 0.3 is 0 Å². The van der Waals surface area contributed by atoms with E-state index in [9.17, 15) is 14.4 Å². The molecule has 3 amide bonds. The third-order valence-corrected chi connectivity index (χ3v) is 5.15. The molecule has 0 unspecified atom stereocenters. The molecule has 0 bridgehead atoms. The van der Waals surface area contributed by atoms with Gasteiger partial charge < -0.3 is 14.3 Å². The van der Waals surface area contributed by atoms with Gasteiger partial charge in [0.15, 0.2) is 5.11 Å². The van der Waals surface area contributed by atoms with E-state index in [0.29, 0.717) is 17.9 Å². The van der Waals surface area contributed by atoms with Gasteiger partial charge in [0.2, 0.25) is 5.91 Å². The topological polar surface area (TPSA) is 96.6 Å². The SMILES string of the molecule is CN1C(=O)/C(=C\c2cn(CC(=O)NCc3ccco3)c3ccccc23)C(=O)NC1=S. The molecule has 1 aliphatic rings. The number of hydrogen-bond donors (Lipinski definition) is 2. The number of carbonyl (C=O) groups excluding carboxylic acids is 3. The maximum Gasteiger partial charge on any atom is 0.265 e. The zero-order valence-electron chi connectivity index (χ0n) is 16.0. The number of aromatic nitrogens is 1. The van der Waals surface area contributed by atoms with E-state index in [-0.39, 0.29) is 23.1 Å². The van der Waals surface area contributed by atoms with Crippen LogP contribution in [-0.2, 0) is 27.5 Å². The molecule has 1 aromatic carbocycles. The van der Waals surface area contributed by atoms with Crippen LogP contribution in [0.1, 0.15) is 11.3 Å². The van der Waals surface area contributed by atoms with Crippen LogP contribution in [0.25, 0.3) is 17.0 Å². The van der Waals surface area contributed by atoms with Crippen LogP contribution in [0, 0.1) is 0 Å². The maximum absolute atomic E-state index is 12.5. The van der Waals surface area contributed by atoms with E-state index in [2.05, 4.69) is 10.6 Å². The molecule has 152 valence electrons. The molecule has 30 heavy (non-hydrogen) atoms. The van der Waals surface area contributed by atoms with Gasteiger partial charge in [0.25, 0.3) is 11.8 Å². The Labute approximate surface area is 177 Å². The standard InChI is InChI=1S/C21H18N4O4S/c1-24-20(28)16(19(27)23-21(24)30)9-13-11-25(17-7-3-2-6-15(13)17)12-18(26)22-10-14-5-4-8-29-14/h2-9,11H,10,12H2,1H3,(H,22,26)(H,23,27,30)/b16-9-. The third kappa shape index (κ3) is 3.74. The van der Waals surface area contributed by atoms with E-state index in [1.807, 2.05) is 24.3 Å². The number of amides is 3. The Balaban J connectivity index is 1.62. The summed E-state index contributed by atoms with van der Waals surface area (Å²) in [5, 5.41) is 6.19. The van der Waals surface area contributed by atoms with E-state index < -0.39 is 11.8 Å². The lowest BCUT2D eigenvalue weighted by Gasteiger charge is -2.24. The first kappa shape index (κ1) is 19.6. The zero-order chi connectivity index (χ0) is 21.3. The van der Waals surface area contributed by atoms with Gasteiger partial charge in [-0.3, -0.25) is 24.6 Å². The molecule has 0 spiro atoms. The first-order valence-electron chi connectivity index (χ1n) is 9.16. The molecule has 2 aromatic heterocycles. The van der Waals surface area contributed by atoms with Gasteiger partial charge in [-0.15, -0.1) is 0 Å². The fourth-order valence-corrected chi connectivity index (χ4v) is 3.41. The van der Waals surface area contributed by atoms with Crippen molar-refractivity contribution in [3.05, 3.63) is 65.8 Å². The monoisotopic (exact) mass is 422 g/mol. The summed E-state index contributed by atoms with van der Waals surface area (Å²) in [6.45, 7) is 0.372. The number of rotatable bonds is 5. The molecule has 1 saturated heterocycles. The lowest BCUT2D eigenvalue weighted by atomic mass is 10.1. The molecule has 0 aliphatic carbocycles. The number of thiocarbonyl (C=S) groups is 1. The second-order valence-electron chi connectivity index (χ2n) is 6.77. The zero-order valence-corrected chi connectivity index (χ0v) is 16.9. The van der Waals surface area contributed by atoms with Gasteiger partial charge in [-0.2, -0.15) is 0 Å². The molecule has 0 radical (unpaired) electrons. The molecule has 1 fully saturated rings. The summed E-state index contributed by atoms with van der Waals surface area (Å²) in [6.07, 6.45) is 4.82. The normalized spacial score (nSPS) is 15.7. The Hall–Kier alpha value is -3.72. The van der Waals surface area contributed by atoms with E-state index >= 15 is 0 Å². The first-order chi connectivity index (χ1) is 14.4. The first-order valence-corrected chi connectivity index (χ1v) is 9.57. The van der Waals surface area contributed by atoms with Crippen molar-refractivity contribution in [2.45, 2.75) is 13.1 Å². The molecule has 4 rings (SSSR count). The van der Waals surface area contributed by atoms with Crippen molar-refractivity contribution in [2.24, 2.45) is 0 Å². The Morgan fingerprint density at radius 1 is 1.23 bits per heavy atom. The summed E-state index contributed by atoms with van der Waals surface area (Å²) >= 11 is 4.97. The van der Waals surface area contributed by atoms with Gasteiger partial charge in [0, 0.05) is 29.7 Å². The summed E-state index contributed by atoms with van der Waals surface area (Å²) in [5.41, 5.74) is 1.45. The number of para-hydroxylation sites is 1. The van der Waals surface area contributed by atoms with Crippen molar-refractivity contribution in [1.29, 1.82) is 0 Å². The van der Waals surface area contributed by atoms with Gasteiger partial charge in [0.05, 0.1) is 12.8 Å². The highest BCUT2D eigenvalue weighted by Gasteiger charge is 2.31. The molecule has 9 heteroatoms. The number of fused-ring (bicyclic) bond motifs is 1. The van der Waals surface area contributed by atoms with E-state index in [1.54, 1.807) is 29.2 Å². The number of benzene rings is 1. The minimum Gasteiger partial charge on any atom is -0.467 e. The van der Waals surface area contributed by atoms with Gasteiger partial charge in [0.1, 0.15) is 17.9 Å². The second-order valence-corrected chi connectivity index (χ2v) is 7.15. The molecule has 0 atom stereocenters. The van der Waals surface area contributed by atoms with Crippen molar-refractivity contribution in [2.75, 3.05) is 7.05 Å². The van der Waals surface area contributed by atoms with Crippen molar-refractivity contribution >= 4 is 52.0 Å². The van der Waals surface area contributed by atoms with Crippen LogP contribution >= 0.6 is 12.2 Å². The molecular formula is C21H18N4O4S. The van der Waals surface area contributed by atoms with Crippen LogP contribution in [0.15, 0.2) is 58.8 Å². The molecule has 0 saturated carbocycles. The molecule has 2 N–H and O–H groups in total. The molecule has 8 nitrogen and oxygen atoms in total. The van der Waals surface area contributed by atoms with E-state index in [4.69, 9.17) is 16.6 Å². The summed E-state index contributed by atoms with van der Waals surface area (Å²) < 4.78 is 6.99. The molecular weight excluding hydrogens is 404 g/mol. The smallest absolute Gasteiger partial charge is 0.265 e.